The number of ether oxygens (including phenoxy) is 1. The highest BCUT2D eigenvalue weighted by atomic mass is 16.5. The van der Waals surface area contributed by atoms with Gasteiger partial charge in [-0.3, -0.25) is 13.8 Å². The van der Waals surface area contributed by atoms with Crippen LogP contribution in [0.3, 0.4) is 0 Å². The fraction of sp³-hybridized carbons (Fsp3) is 0.174. The number of benzene rings is 2. The number of esters is 1. The van der Waals surface area contributed by atoms with Crippen molar-refractivity contribution in [2.24, 2.45) is 0 Å². The summed E-state index contributed by atoms with van der Waals surface area (Å²) >= 11 is 0. The maximum Gasteiger partial charge on any atom is 0.310 e. The number of para-hydroxylation sites is 3. The lowest BCUT2D eigenvalue weighted by Crippen LogP contribution is -2.06. The average Bonchev–Trinajstić information content (AvgIpc) is 3.32. The maximum atomic E-state index is 12.1. The Morgan fingerprint density at radius 3 is 2.48 bits per heavy atom. The molecule has 0 atom stereocenters. The van der Waals surface area contributed by atoms with Crippen molar-refractivity contribution in [1.29, 1.82) is 0 Å². The highest BCUT2D eigenvalue weighted by Gasteiger charge is 2.22. The summed E-state index contributed by atoms with van der Waals surface area (Å²) < 4.78 is 9.73. The van der Waals surface area contributed by atoms with Crippen molar-refractivity contribution in [3.63, 3.8) is 0 Å². The van der Waals surface area contributed by atoms with Crippen LogP contribution in [0.2, 0.25) is 0 Å². The van der Waals surface area contributed by atoms with Gasteiger partial charge in [-0.05, 0) is 24.3 Å². The number of imidazole rings is 1. The van der Waals surface area contributed by atoms with Crippen LogP contribution >= 0.6 is 0 Å². The van der Waals surface area contributed by atoms with Crippen LogP contribution in [-0.2, 0) is 11.2 Å². The zero-order valence-corrected chi connectivity index (χ0v) is 16.3. The second-order valence-electron chi connectivity index (χ2n) is 6.87. The van der Waals surface area contributed by atoms with E-state index in [2.05, 4.69) is 11.3 Å². The van der Waals surface area contributed by atoms with Gasteiger partial charge < -0.3 is 4.74 Å². The minimum atomic E-state index is -0.286. The molecule has 3 aromatic heterocycles. The van der Waals surface area contributed by atoms with Gasteiger partial charge in [0.2, 0.25) is 0 Å². The Balaban J connectivity index is 1.94. The topological polar surface area (TPSA) is 61.4 Å². The molecule has 5 rings (SSSR count). The first kappa shape index (κ1) is 17.4. The molecule has 0 amide bonds. The van der Waals surface area contributed by atoms with Crippen LogP contribution in [0.15, 0.2) is 60.8 Å². The van der Waals surface area contributed by atoms with Crippen molar-refractivity contribution in [1.82, 2.24) is 18.9 Å². The molecule has 0 aliphatic heterocycles. The number of nitrogens with zero attached hydrogens (tertiary/aromatic N) is 4. The molecule has 0 aliphatic rings. The summed E-state index contributed by atoms with van der Waals surface area (Å²) in [7, 11) is 0. The fourth-order valence-electron chi connectivity index (χ4n) is 3.72. The van der Waals surface area contributed by atoms with Gasteiger partial charge in [0.05, 0.1) is 17.2 Å². The molecule has 5 aromatic rings. The van der Waals surface area contributed by atoms with Gasteiger partial charge in [0.15, 0.2) is 17.0 Å². The van der Waals surface area contributed by atoms with Crippen LogP contribution in [0.25, 0.3) is 33.4 Å². The van der Waals surface area contributed by atoms with E-state index in [1.165, 1.54) is 0 Å². The molecule has 0 saturated heterocycles. The largest absolute Gasteiger partial charge is 0.424 e. The Hall–Kier alpha value is -3.67. The van der Waals surface area contributed by atoms with E-state index < -0.39 is 0 Å². The standard InChI is InChI=1S/C23H20N4O2/c1-3-19-25-22-21(23-24-16-12-8-9-13-17(16)27(19)23)18(29-20(28)4-2)14-26(22)15-10-6-5-7-11-15/h5-14H,3-4H2,1-2H3. The fourth-order valence-corrected chi connectivity index (χ4v) is 3.72. The Bertz CT molecular complexity index is 1370. The third kappa shape index (κ3) is 2.68. The molecule has 0 unspecified atom stereocenters. The van der Waals surface area contributed by atoms with Gasteiger partial charge >= 0.3 is 5.97 Å². The van der Waals surface area contributed by atoms with E-state index in [0.29, 0.717) is 12.2 Å². The third-order valence-corrected chi connectivity index (χ3v) is 5.09. The van der Waals surface area contributed by atoms with E-state index in [9.17, 15) is 4.79 Å². The van der Waals surface area contributed by atoms with E-state index in [4.69, 9.17) is 14.7 Å². The summed E-state index contributed by atoms with van der Waals surface area (Å²) in [6, 6.07) is 17.9. The molecule has 3 heterocycles. The number of hydrogen-bond donors (Lipinski definition) is 0. The highest BCUT2D eigenvalue weighted by Crippen LogP contribution is 2.35. The predicted octanol–water partition coefficient (Wildman–Crippen LogP) is 4.70. The average molecular weight is 384 g/mol. The monoisotopic (exact) mass is 384 g/mol. The van der Waals surface area contributed by atoms with Crippen molar-refractivity contribution >= 4 is 33.7 Å². The van der Waals surface area contributed by atoms with Crippen LogP contribution in [0, 0.1) is 0 Å². The summed E-state index contributed by atoms with van der Waals surface area (Å²) in [4.78, 5) is 22.0. The molecule has 0 saturated carbocycles. The van der Waals surface area contributed by atoms with E-state index in [1.807, 2.05) is 65.4 Å². The van der Waals surface area contributed by atoms with E-state index >= 15 is 0 Å². The van der Waals surface area contributed by atoms with E-state index in [1.54, 1.807) is 6.92 Å². The summed E-state index contributed by atoms with van der Waals surface area (Å²) in [5.74, 6) is 1.10. The second kappa shape index (κ2) is 6.74. The molecule has 6 nitrogen and oxygen atoms in total. The summed E-state index contributed by atoms with van der Waals surface area (Å²) in [6.07, 6.45) is 2.88. The van der Waals surface area contributed by atoms with Crippen LogP contribution in [0.1, 0.15) is 26.1 Å². The van der Waals surface area contributed by atoms with Gasteiger partial charge in [0, 0.05) is 18.5 Å². The lowest BCUT2D eigenvalue weighted by atomic mass is 10.3. The molecule has 0 fully saturated rings. The molecular formula is C23H20N4O2. The molecule has 29 heavy (non-hydrogen) atoms. The summed E-state index contributed by atoms with van der Waals surface area (Å²) in [6.45, 7) is 3.86. The van der Waals surface area contributed by atoms with Gasteiger partial charge in [-0.25, -0.2) is 9.97 Å². The lowest BCUT2D eigenvalue weighted by molar-refractivity contribution is -0.133. The number of hydrogen-bond acceptors (Lipinski definition) is 4. The highest BCUT2D eigenvalue weighted by molar-refractivity contribution is 6.01. The minimum Gasteiger partial charge on any atom is -0.424 e. The SMILES string of the molecule is CCC(=O)Oc1cn(-c2ccccc2)c2nc(CC)n3c4ccccc4nc3c12. The first-order valence-corrected chi connectivity index (χ1v) is 9.78. The van der Waals surface area contributed by atoms with Crippen molar-refractivity contribution in [2.75, 3.05) is 0 Å². The van der Waals surface area contributed by atoms with Crippen LogP contribution in [-0.4, -0.2) is 24.9 Å². The first-order valence-electron chi connectivity index (χ1n) is 9.78. The molecule has 144 valence electrons. The normalized spacial score (nSPS) is 11.5. The first-order chi connectivity index (χ1) is 14.2. The molecule has 0 radical (unpaired) electrons. The number of rotatable bonds is 4. The van der Waals surface area contributed by atoms with Crippen LogP contribution in [0.5, 0.6) is 5.75 Å². The second-order valence-corrected chi connectivity index (χ2v) is 6.87. The van der Waals surface area contributed by atoms with Gasteiger partial charge in [0.25, 0.3) is 0 Å². The quantitative estimate of drug-likeness (QED) is 0.421. The molecule has 0 spiro atoms. The number of carbonyl (C=O) groups is 1. The number of fused-ring (bicyclic) bond motifs is 5. The lowest BCUT2D eigenvalue weighted by Gasteiger charge is -2.08. The van der Waals surface area contributed by atoms with E-state index in [-0.39, 0.29) is 5.97 Å². The Labute approximate surface area is 167 Å². The summed E-state index contributed by atoms with van der Waals surface area (Å²) in [5, 5.41) is 0.740. The smallest absolute Gasteiger partial charge is 0.310 e. The molecule has 2 aromatic carbocycles. The predicted molar refractivity (Wildman–Crippen MR) is 113 cm³/mol. The molecule has 6 heteroatoms. The van der Waals surface area contributed by atoms with Crippen molar-refractivity contribution in [2.45, 2.75) is 26.7 Å². The van der Waals surface area contributed by atoms with Gasteiger partial charge in [0.1, 0.15) is 11.2 Å². The molecule has 0 aliphatic carbocycles. The van der Waals surface area contributed by atoms with Crippen molar-refractivity contribution in [3.8, 4) is 11.4 Å². The third-order valence-electron chi connectivity index (χ3n) is 5.09. The van der Waals surface area contributed by atoms with Crippen molar-refractivity contribution in [3.05, 3.63) is 66.6 Å². The number of carbonyl (C=O) groups excluding carboxylic acids is 1. The van der Waals surface area contributed by atoms with Gasteiger partial charge in [-0.1, -0.05) is 44.2 Å². The zero-order chi connectivity index (χ0) is 20.0. The Morgan fingerprint density at radius 2 is 1.72 bits per heavy atom. The Morgan fingerprint density at radius 1 is 0.966 bits per heavy atom. The van der Waals surface area contributed by atoms with Crippen LogP contribution in [0.4, 0.5) is 0 Å². The molecular weight excluding hydrogens is 364 g/mol. The van der Waals surface area contributed by atoms with Gasteiger partial charge in [-0.15, -0.1) is 0 Å². The molecule has 0 bridgehead atoms. The summed E-state index contributed by atoms with van der Waals surface area (Å²) in [5.41, 5.74) is 4.31. The minimum absolute atomic E-state index is 0.286. The van der Waals surface area contributed by atoms with Gasteiger partial charge in [-0.2, -0.15) is 0 Å². The maximum absolute atomic E-state index is 12.1. The Kier molecular flexibility index (Phi) is 4.05. The number of aryl methyl sites for hydroxylation is 1. The van der Waals surface area contributed by atoms with Crippen molar-refractivity contribution < 1.29 is 9.53 Å². The number of aromatic nitrogens is 4. The van der Waals surface area contributed by atoms with Crippen LogP contribution < -0.4 is 4.74 Å². The van der Waals surface area contributed by atoms with E-state index in [0.717, 1.165) is 45.6 Å². The zero-order valence-electron chi connectivity index (χ0n) is 16.3. The molecule has 0 N–H and O–H groups in total.